The van der Waals surface area contributed by atoms with E-state index in [0.29, 0.717) is 11.1 Å². The molecule has 0 aliphatic rings. The van der Waals surface area contributed by atoms with Crippen molar-refractivity contribution in [1.29, 1.82) is 0 Å². The van der Waals surface area contributed by atoms with Gasteiger partial charge in [0.15, 0.2) is 0 Å². The number of fused-ring (bicyclic) bond motifs is 2. The number of urea groups is 1. The van der Waals surface area contributed by atoms with Gasteiger partial charge in [0.05, 0.1) is 9.79 Å². The first-order valence-electron chi connectivity index (χ1n) is 15.9. The number of hydrogen-bond acceptors (Lipinski definition) is 13. The van der Waals surface area contributed by atoms with Crippen molar-refractivity contribution in [3.63, 3.8) is 0 Å². The van der Waals surface area contributed by atoms with Gasteiger partial charge < -0.3 is 20.8 Å². The Hall–Kier alpha value is -5.97. The van der Waals surface area contributed by atoms with E-state index in [1.165, 1.54) is 50.2 Å². The average Bonchev–Trinajstić information content (AvgIpc) is 3.10. The van der Waals surface area contributed by atoms with Crippen LogP contribution in [0.1, 0.15) is 11.1 Å². The van der Waals surface area contributed by atoms with E-state index in [4.69, 9.17) is 0 Å². The van der Waals surface area contributed by atoms with Gasteiger partial charge in [0.1, 0.15) is 32.7 Å². The van der Waals surface area contributed by atoms with Gasteiger partial charge in [-0.25, -0.2) is 31.1 Å². The van der Waals surface area contributed by atoms with E-state index in [0.717, 1.165) is 36.4 Å². The predicted octanol–water partition coefficient (Wildman–Crippen LogP) is 5.38. The Morgan fingerprint density at radius 2 is 0.875 bits per heavy atom. The summed E-state index contributed by atoms with van der Waals surface area (Å²) in [6, 6.07) is 19.4. The number of nitrogens with one attached hydrogen (secondary N) is 4. The molecule has 17 nitrogen and oxygen atoms in total. The van der Waals surface area contributed by atoms with Crippen molar-refractivity contribution >= 4 is 90.6 Å². The van der Waals surface area contributed by atoms with E-state index in [-0.39, 0.29) is 32.9 Å². The zero-order valence-corrected chi connectivity index (χ0v) is 32.1. The van der Waals surface area contributed by atoms with Crippen molar-refractivity contribution in [2.45, 2.75) is 33.4 Å². The lowest BCUT2D eigenvalue weighted by Crippen LogP contribution is -2.42. The molecule has 0 saturated heterocycles. The molecule has 0 saturated carbocycles. The maximum atomic E-state index is 13.3. The molecule has 8 N–H and O–H groups in total. The van der Waals surface area contributed by atoms with Crippen LogP contribution in [-0.2, 0) is 40.3 Å². The van der Waals surface area contributed by atoms with E-state index in [9.17, 15) is 57.8 Å². The zero-order valence-electron chi connectivity index (χ0n) is 28.8. The Bertz CT molecular complexity index is 2880. The van der Waals surface area contributed by atoms with E-state index >= 15 is 0 Å². The number of benzene rings is 6. The summed E-state index contributed by atoms with van der Waals surface area (Å²) in [5, 5.41) is 28.2. The number of carbonyl (C=O) groups is 1. The molecule has 0 atom stereocenters. The molecule has 0 aromatic heterocycles. The van der Waals surface area contributed by atoms with Crippen molar-refractivity contribution in [3.05, 3.63) is 108 Å². The van der Waals surface area contributed by atoms with E-state index in [2.05, 4.69) is 10.6 Å². The van der Waals surface area contributed by atoms with Crippen LogP contribution in [0.25, 0.3) is 21.5 Å². The molecular weight excluding hydrogens is 813 g/mol. The summed E-state index contributed by atoms with van der Waals surface area (Å²) in [7, 11) is -19.5. The fourth-order valence-electron chi connectivity index (χ4n) is 5.71. The number of amides is 2. The van der Waals surface area contributed by atoms with Crippen molar-refractivity contribution < 1.29 is 57.8 Å². The second-order valence-electron chi connectivity index (χ2n) is 12.3. The molecule has 6 aromatic rings. The minimum Gasteiger partial charge on any atom is -0.505 e. The fourth-order valence-corrected chi connectivity index (χ4v) is 9.01. The third-order valence-electron chi connectivity index (χ3n) is 8.54. The smallest absolute Gasteiger partial charge is 0.342 e. The number of aromatic hydroxyl groups is 2. The Morgan fingerprint density at radius 1 is 0.518 bits per heavy atom. The molecule has 6 aromatic carbocycles. The molecule has 0 unspecified atom stereocenters. The quantitative estimate of drug-likeness (QED) is 0.0635. The second-order valence-corrected chi connectivity index (χ2v) is 18.5. The standard InChI is InChI=1S/C35H30N4O13S4/c1-19-11-13-23(17-27(19)36-31-29(55(47,48)49)15-21-7-3-5-9-25(21)33(31)40)53(43,44)38-35(42)39-54(45,46)24-14-12-20(2)28(18-24)37-32-30(56(50,51)52)16-22-8-4-6-10-26(22)34(32)41/h3-18,36-37,40-41H,1-2H3,(H2,38,39,42)(H,47,48,49)(H,50,51,52). The van der Waals surface area contributed by atoms with Crippen LogP contribution in [0.2, 0.25) is 0 Å². The van der Waals surface area contributed by atoms with Crippen LogP contribution in [0.15, 0.2) is 117 Å². The van der Waals surface area contributed by atoms with Gasteiger partial charge in [-0.1, -0.05) is 60.7 Å². The predicted molar refractivity (Wildman–Crippen MR) is 206 cm³/mol. The molecule has 2 amide bonds. The number of sulfonamides is 2. The van der Waals surface area contributed by atoms with Gasteiger partial charge in [-0.15, -0.1) is 0 Å². The highest BCUT2D eigenvalue weighted by atomic mass is 32.2. The Labute approximate surface area is 320 Å². The summed E-state index contributed by atoms with van der Waals surface area (Å²) in [6.07, 6.45) is 0. The van der Waals surface area contributed by atoms with Crippen molar-refractivity contribution in [3.8, 4) is 11.5 Å². The minimum atomic E-state index is -4.93. The van der Waals surface area contributed by atoms with Crippen molar-refractivity contribution in [1.82, 2.24) is 9.44 Å². The lowest BCUT2D eigenvalue weighted by Gasteiger charge is -2.17. The third-order valence-corrected chi connectivity index (χ3v) is 13.0. The molecule has 0 radical (unpaired) electrons. The number of phenols is 2. The van der Waals surface area contributed by atoms with Gasteiger partial charge in [0.2, 0.25) is 0 Å². The largest absolute Gasteiger partial charge is 0.505 e. The zero-order chi connectivity index (χ0) is 41.0. The first kappa shape index (κ1) is 39.7. The van der Waals surface area contributed by atoms with Crippen LogP contribution in [0.5, 0.6) is 11.5 Å². The van der Waals surface area contributed by atoms with Gasteiger partial charge in [-0.3, -0.25) is 9.11 Å². The van der Waals surface area contributed by atoms with Crippen LogP contribution in [0.4, 0.5) is 27.5 Å². The normalized spacial score (nSPS) is 12.4. The summed E-state index contributed by atoms with van der Waals surface area (Å²) in [4.78, 5) is 10.3. The first-order valence-corrected chi connectivity index (χ1v) is 21.7. The highest BCUT2D eigenvalue weighted by Crippen LogP contribution is 2.42. The summed E-state index contributed by atoms with van der Waals surface area (Å²) in [6.45, 7) is 3.01. The molecule has 0 aliphatic carbocycles. The number of carbonyl (C=O) groups excluding carboxylic acids is 1. The van der Waals surface area contributed by atoms with Crippen molar-refractivity contribution in [2.24, 2.45) is 0 Å². The van der Waals surface area contributed by atoms with Gasteiger partial charge in [-0.05, 0) is 72.1 Å². The molecule has 0 fully saturated rings. The van der Waals surface area contributed by atoms with Crippen LogP contribution >= 0.6 is 0 Å². The van der Waals surface area contributed by atoms with E-state index in [1.54, 1.807) is 33.7 Å². The lowest BCUT2D eigenvalue weighted by molar-refractivity contribution is 0.250. The minimum absolute atomic E-state index is 0.0781. The Morgan fingerprint density at radius 3 is 1.23 bits per heavy atom. The first-order chi connectivity index (χ1) is 26.1. The molecule has 0 aliphatic heterocycles. The van der Waals surface area contributed by atoms with Crippen molar-refractivity contribution in [2.75, 3.05) is 10.6 Å². The number of rotatable bonds is 10. The topological polar surface area (TPSA) is 283 Å². The molecule has 0 spiro atoms. The molecule has 0 heterocycles. The summed E-state index contributed by atoms with van der Waals surface area (Å²) in [5.74, 6) is -1.15. The number of anilines is 4. The van der Waals surface area contributed by atoms with E-state index < -0.39 is 88.8 Å². The summed E-state index contributed by atoms with van der Waals surface area (Å²) < 4.78 is 125. The lowest BCUT2D eigenvalue weighted by atomic mass is 10.1. The maximum Gasteiger partial charge on any atom is 0.342 e. The molecule has 56 heavy (non-hydrogen) atoms. The summed E-state index contributed by atoms with van der Waals surface area (Å²) >= 11 is 0. The van der Waals surface area contributed by atoms with Crippen LogP contribution < -0.4 is 20.1 Å². The average molecular weight is 843 g/mol. The molecule has 292 valence electrons. The van der Waals surface area contributed by atoms with E-state index in [1.807, 2.05) is 0 Å². The SMILES string of the molecule is Cc1ccc(S(=O)(=O)NC(=O)NS(=O)(=O)c2ccc(C)c(Nc3c(S(=O)(=O)O)cc4ccccc4c3O)c2)cc1Nc1c(S(=O)(=O)O)cc2ccccc2c1O. The molecular formula is C35H30N4O13S4. The monoisotopic (exact) mass is 842 g/mol. The fraction of sp³-hybridized carbons (Fsp3) is 0.0571. The number of aryl methyl sites for hydroxylation is 2. The molecule has 21 heteroatoms. The van der Waals surface area contributed by atoms with Gasteiger partial charge in [-0.2, -0.15) is 16.8 Å². The van der Waals surface area contributed by atoms with Crippen LogP contribution in [-0.4, -0.2) is 59.0 Å². The second kappa shape index (κ2) is 14.3. The van der Waals surface area contributed by atoms with Gasteiger partial charge >= 0.3 is 6.03 Å². The van der Waals surface area contributed by atoms with Crippen LogP contribution in [0, 0.1) is 13.8 Å². The number of hydrogen-bond donors (Lipinski definition) is 8. The molecule has 6 rings (SSSR count). The molecule has 0 bridgehead atoms. The number of phenolic OH excluding ortho intramolecular Hbond substituents is 2. The Kier molecular flexibility index (Phi) is 10.1. The highest BCUT2D eigenvalue weighted by Gasteiger charge is 2.27. The summed E-state index contributed by atoms with van der Waals surface area (Å²) in [5.41, 5.74) is -0.449. The maximum absolute atomic E-state index is 13.3. The van der Waals surface area contributed by atoms with Crippen LogP contribution in [0.3, 0.4) is 0 Å². The highest BCUT2D eigenvalue weighted by molar-refractivity contribution is 7.91. The van der Waals surface area contributed by atoms with Gasteiger partial charge in [0, 0.05) is 22.1 Å². The van der Waals surface area contributed by atoms with Gasteiger partial charge in [0.25, 0.3) is 40.3 Å². The third kappa shape index (κ3) is 7.89. The Balaban J connectivity index is 1.26.